The van der Waals surface area contributed by atoms with Gasteiger partial charge in [-0.2, -0.15) is 20.2 Å². The van der Waals surface area contributed by atoms with Crippen molar-refractivity contribution in [1.82, 2.24) is 0 Å². The number of rotatable bonds is 7. The second-order valence-electron chi connectivity index (χ2n) is 10.7. The number of hydrogen-bond donors (Lipinski definition) is 1. The Morgan fingerprint density at radius 1 is 0.500 bits per heavy atom. The fraction of sp³-hybridized carbons (Fsp3) is 0.0811. The average molecular weight is 577 g/mol. The molecule has 44 heavy (non-hydrogen) atoms. The summed E-state index contributed by atoms with van der Waals surface area (Å²) in [5.41, 5.74) is 4.70. The Kier molecular flexibility index (Phi) is 7.04. The van der Waals surface area contributed by atoms with Gasteiger partial charge in [-0.3, -0.25) is 9.59 Å². The van der Waals surface area contributed by atoms with Gasteiger partial charge in [0.15, 0.2) is 0 Å². The monoisotopic (exact) mass is 576 g/mol. The quantitative estimate of drug-likeness (QED) is 0.237. The Morgan fingerprint density at radius 3 is 1.25 bits per heavy atom. The van der Waals surface area contributed by atoms with E-state index in [1.807, 2.05) is 121 Å². The van der Waals surface area contributed by atoms with Gasteiger partial charge in [0.2, 0.25) is 0 Å². The predicted octanol–water partition coefficient (Wildman–Crippen LogP) is 6.61. The van der Waals surface area contributed by atoms with Crippen molar-refractivity contribution < 1.29 is 14.7 Å². The Labute approximate surface area is 255 Å². The number of phenols is 1. The van der Waals surface area contributed by atoms with Crippen molar-refractivity contribution in [3.05, 3.63) is 162 Å². The summed E-state index contributed by atoms with van der Waals surface area (Å²) in [6.45, 7) is 0. The average Bonchev–Trinajstić information content (AvgIpc) is 3.61. The first-order valence-corrected chi connectivity index (χ1v) is 14.4. The molecule has 0 aromatic heterocycles. The minimum absolute atomic E-state index is 0.0914. The lowest BCUT2D eigenvalue weighted by Gasteiger charge is -2.30. The molecule has 2 aliphatic rings. The number of hydrazone groups is 2. The van der Waals surface area contributed by atoms with E-state index in [-0.39, 0.29) is 17.6 Å². The van der Waals surface area contributed by atoms with E-state index in [9.17, 15) is 14.7 Å². The highest BCUT2D eigenvalue weighted by atomic mass is 16.3. The first-order chi connectivity index (χ1) is 21.6. The standard InChI is InChI=1S/C37H28N4O3/c42-30-23-21-25(22-24-30)31(32-34(26-13-5-1-6-14-26)38-40(36(32)43)28-17-9-3-10-18-28)33-35(27-15-7-2-8-16-27)39-41(37(33)44)29-19-11-4-12-20-29/h1-24,31-33,42H. The van der Waals surface area contributed by atoms with Crippen LogP contribution in [0.2, 0.25) is 0 Å². The third-order valence-electron chi connectivity index (χ3n) is 8.09. The molecule has 0 saturated heterocycles. The maximum absolute atomic E-state index is 14.6. The van der Waals surface area contributed by atoms with Gasteiger partial charge in [-0.1, -0.05) is 109 Å². The van der Waals surface area contributed by atoms with Gasteiger partial charge in [0.25, 0.3) is 11.8 Å². The number of hydrogen-bond acceptors (Lipinski definition) is 5. The zero-order valence-electron chi connectivity index (χ0n) is 23.6. The number of benzene rings is 5. The van der Waals surface area contributed by atoms with E-state index in [0.717, 1.165) is 16.7 Å². The lowest BCUT2D eigenvalue weighted by atomic mass is 9.70. The van der Waals surface area contributed by atoms with E-state index in [1.165, 1.54) is 10.0 Å². The highest BCUT2D eigenvalue weighted by Gasteiger charge is 2.52. The highest BCUT2D eigenvalue weighted by Crippen LogP contribution is 2.45. The number of carbonyl (C=O) groups is 2. The second kappa shape index (κ2) is 11.5. The zero-order valence-corrected chi connectivity index (χ0v) is 23.6. The van der Waals surface area contributed by atoms with Crippen molar-refractivity contribution in [2.45, 2.75) is 5.92 Å². The Bertz CT molecular complexity index is 1740. The van der Waals surface area contributed by atoms with Crippen LogP contribution in [-0.4, -0.2) is 28.3 Å². The Balaban J connectivity index is 1.44. The fourth-order valence-corrected chi connectivity index (χ4v) is 6.06. The number of nitrogens with zero attached hydrogens (tertiary/aromatic N) is 4. The summed E-state index contributed by atoms with van der Waals surface area (Å²) >= 11 is 0. The molecule has 7 nitrogen and oxygen atoms in total. The number of carbonyl (C=O) groups excluding carboxylic acids is 2. The smallest absolute Gasteiger partial charge is 0.257 e. The summed E-state index contributed by atoms with van der Waals surface area (Å²) in [4.78, 5) is 29.3. The van der Waals surface area contributed by atoms with Gasteiger partial charge in [-0.15, -0.1) is 0 Å². The van der Waals surface area contributed by atoms with Gasteiger partial charge < -0.3 is 5.11 Å². The van der Waals surface area contributed by atoms with Crippen LogP contribution in [0.4, 0.5) is 11.4 Å². The van der Waals surface area contributed by atoms with Gasteiger partial charge in [-0.25, -0.2) is 0 Å². The molecule has 7 heteroatoms. The molecule has 2 aliphatic heterocycles. The number of para-hydroxylation sites is 2. The van der Waals surface area contributed by atoms with Gasteiger partial charge >= 0.3 is 0 Å². The maximum atomic E-state index is 14.6. The second-order valence-corrected chi connectivity index (χ2v) is 10.7. The van der Waals surface area contributed by atoms with E-state index < -0.39 is 17.8 Å². The third-order valence-corrected chi connectivity index (χ3v) is 8.09. The molecule has 0 radical (unpaired) electrons. The van der Waals surface area contributed by atoms with Crippen molar-refractivity contribution in [3.63, 3.8) is 0 Å². The van der Waals surface area contributed by atoms with Gasteiger partial charge in [0, 0.05) is 5.92 Å². The van der Waals surface area contributed by atoms with Crippen LogP contribution in [0.5, 0.6) is 5.75 Å². The van der Waals surface area contributed by atoms with Gasteiger partial charge in [0.1, 0.15) is 5.75 Å². The summed E-state index contributed by atoms with van der Waals surface area (Å²) in [7, 11) is 0. The molecule has 0 saturated carbocycles. The van der Waals surface area contributed by atoms with E-state index >= 15 is 0 Å². The summed E-state index contributed by atoms with van der Waals surface area (Å²) < 4.78 is 0. The van der Waals surface area contributed by atoms with Crippen molar-refractivity contribution in [2.75, 3.05) is 10.0 Å². The van der Waals surface area contributed by atoms with Crippen LogP contribution in [0.1, 0.15) is 22.6 Å². The molecule has 1 N–H and O–H groups in total. The van der Waals surface area contributed by atoms with Gasteiger partial charge in [0.05, 0.1) is 34.6 Å². The van der Waals surface area contributed by atoms with E-state index in [4.69, 9.17) is 10.2 Å². The lowest BCUT2D eigenvalue weighted by molar-refractivity contribution is -0.122. The summed E-state index contributed by atoms with van der Waals surface area (Å²) in [6.07, 6.45) is 0. The van der Waals surface area contributed by atoms with Crippen molar-refractivity contribution >= 4 is 34.6 Å². The number of phenolic OH excluding ortho intramolecular Hbond substituents is 1. The van der Waals surface area contributed by atoms with Crippen molar-refractivity contribution in [1.29, 1.82) is 0 Å². The molecule has 0 fully saturated rings. The number of anilines is 2. The molecular weight excluding hydrogens is 548 g/mol. The minimum atomic E-state index is -0.833. The Hall–Kier alpha value is -5.82. The van der Waals surface area contributed by atoms with Crippen LogP contribution >= 0.6 is 0 Å². The largest absolute Gasteiger partial charge is 0.508 e. The lowest BCUT2D eigenvalue weighted by Crippen LogP contribution is -2.41. The topological polar surface area (TPSA) is 85.6 Å². The summed E-state index contributed by atoms with van der Waals surface area (Å²) in [6, 6.07) is 44.6. The normalized spacial score (nSPS) is 18.7. The fourth-order valence-electron chi connectivity index (χ4n) is 6.06. The number of amides is 2. The Morgan fingerprint density at radius 2 is 0.864 bits per heavy atom. The first kappa shape index (κ1) is 27.0. The molecule has 0 aliphatic carbocycles. The molecule has 2 heterocycles. The summed E-state index contributed by atoms with van der Waals surface area (Å²) in [5.74, 6) is -2.76. The molecule has 0 bridgehead atoms. The van der Waals surface area contributed by atoms with Crippen molar-refractivity contribution in [3.8, 4) is 5.75 Å². The van der Waals surface area contributed by atoms with Gasteiger partial charge in [-0.05, 0) is 53.1 Å². The summed E-state index contributed by atoms with van der Waals surface area (Å²) in [5, 5.41) is 22.9. The highest BCUT2D eigenvalue weighted by molar-refractivity contribution is 6.26. The predicted molar refractivity (Wildman–Crippen MR) is 172 cm³/mol. The first-order valence-electron chi connectivity index (χ1n) is 14.4. The molecular formula is C37H28N4O3. The van der Waals surface area contributed by atoms with Crippen molar-refractivity contribution in [2.24, 2.45) is 22.0 Å². The van der Waals surface area contributed by atoms with Crippen LogP contribution in [0.15, 0.2) is 156 Å². The maximum Gasteiger partial charge on any atom is 0.257 e. The third kappa shape index (κ3) is 4.84. The van der Waals surface area contributed by atoms with Crippen LogP contribution in [0, 0.1) is 11.8 Å². The van der Waals surface area contributed by atoms with E-state index in [1.54, 1.807) is 24.3 Å². The molecule has 0 spiro atoms. The zero-order chi connectivity index (χ0) is 30.0. The molecule has 2 amide bonds. The molecule has 214 valence electrons. The van der Waals surface area contributed by atoms with Crippen LogP contribution in [0.3, 0.4) is 0 Å². The van der Waals surface area contributed by atoms with Crippen LogP contribution < -0.4 is 10.0 Å². The molecule has 5 aromatic rings. The number of aromatic hydroxyl groups is 1. The molecule has 2 unspecified atom stereocenters. The molecule has 2 atom stereocenters. The van der Waals surface area contributed by atoms with Crippen LogP contribution in [-0.2, 0) is 9.59 Å². The van der Waals surface area contributed by atoms with Crippen LogP contribution in [0.25, 0.3) is 0 Å². The minimum Gasteiger partial charge on any atom is -0.508 e. The SMILES string of the molecule is O=C1C(C(c2ccc(O)cc2)C2C(=O)N(c3ccccc3)N=C2c2ccccc2)C(c2ccccc2)=NN1c1ccccc1. The van der Waals surface area contributed by atoms with E-state index in [0.29, 0.717) is 22.8 Å². The molecule has 7 rings (SSSR count). The van der Waals surface area contributed by atoms with E-state index in [2.05, 4.69) is 0 Å². The molecule has 5 aromatic carbocycles.